The predicted octanol–water partition coefficient (Wildman–Crippen LogP) is 3.39. The standard InChI is InChI=1S/C18H22N2O3/c21-17(22)10-4-2-1-3-7-11-20-18(23)16-13-19-12-14-8-5-6-9-15(14)16/h5-6,8-9,12-13H,1-4,7,10-11H2,(H,20,23)(H,21,22). The molecule has 1 aromatic carbocycles. The lowest BCUT2D eigenvalue weighted by Gasteiger charge is -2.07. The van der Waals surface area contributed by atoms with Crippen LogP contribution in [-0.2, 0) is 4.79 Å². The van der Waals surface area contributed by atoms with Gasteiger partial charge in [0.1, 0.15) is 0 Å². The third kappa shape index (κ3) is 5.36. The zero-order chi connectivity index (χ0) is 16.5. The van der Waals surface area contributed by atoms with Crippen molar-refractivity contribution < 1.29 is 14.7 Å². The van der Waals surface area contributed by atoms with Gasteiger partial charge in [0.25, 0.3) is 5.91 Å². The highest BCUT2D eigenvalue weighted by Crippen LogP contribution is 2.16. The van der Waals surface area contributed by atoms with E-state index in [1.807, 2.05) is 24.3 Å². The van der Waals surface area contributed by atoms with Crippen molar-refractivity contribution in [2.75, 3.05) is 6.54 Å². The molecule has 0 fully saturated rings. The number of carboxylic acids is 1. The fraction of sp³-hybridized carbons (Fsp3) is 0.389. The van der Waals surface area contributed by atoms with Crippen molar-refractivity contribution in [1.29, 1.82) is 0 Å². The molecule has 0 unspecified atom stereocenters. The van der Waals surface area contributed by atoms with Crippen molar-refractivity contribution in [3.63, 3.8) is 0 Å². The van der Waals surface area contributed by atoms with Gasteiger partial charge >= 0.3 is 5.97 Å². The van der Waals surface area contributed by atoms with Gasteiger partial charge in [-0.25, -0.2) is 0 Å². The summed E-state index contributed by atoms with van der Waals surface area (Å²) in [6.45, 7) is 0.626. The zero-order valence-corrected chi connectivity index (χ0v) is 13.1. The average Bonchev–Trinajstić information content (AvgIpc) is 2.56. The summed E-state index contributed by atoms with van der Waals surface area (Å²) in [5, 5.41) is 13.3. The number of rotatable bonds is 9. The van der Waals surface area contributed by atoms with E-state index in [1.165, 1.54) is 0 Å². The monoisotopic (exact) mass is 314 g/mol. The molecule has 0 bridgehead atoms. The third-order valence-corrected chi connectivity index (χ3v) is 3.77. The maximum Gasteiger partial charge on any atom is 0.303 e. The fourth-order valence-corrected chi connectivity index (χ4v) is 2.53. The van der Waals surface area contributed by atoms with Crippen molar-refractivity contribution in [2.45, 2.75) is 38.5 Å². The summed E-state index contributed by atoms with van der Waals surface area (Å²) < 4.78 is 0. The maximum atomic E-state index is 12.3. The smallest absolute Gasteiger partial charge is 0.303 e. The van der Waals surface area contributed by atoms with Crippen molar-refractivity contribution in [3.8, 4) is 0 Å². The number of hydrogen-bond acceptors (Lipinski definition) is 3. The summed E-state index contributed by atoms with van der Waals surface area (Å²) in [5.41, 5.74) is 0.601. The molecule has 0 radical (unpaired) electrons. The Bertz CT molecular complexity index is 665. The highest BCUT2D eigenvalue weighted by molar-refractivity contribution is 6.06. The maximum absolute atomic E-state index is 12.3. The number of carbonyl (C=O) groups is 2. The highest BCUT2D eigenvalue weighted by atomic mass is 16.4. The predicted molar refractivity (Wildman–Crippen MR) is 89.4 cm³/mol. The van der Waals surface area contributed by atoms with Crippen molar-refractivity contribution >= 4 is 22.6 Å². The SMILES string of the molecule is O=C(O)CCCCCCCNC(=O)c1cncc2ccccc12. The van der Waals surface area contributed by atoms with E-state index in [4.69, 9.17) is 5.11 Å². The summed E-state index contributed by atoms with van der Waals surface area (Å²) in [6.07, 6.45) is 8.14. The van der Waals surface area contributed by atoms with Crippen LogP contribution in [0.1, 0.15) is 48.9 Å². The number of hydrogen-bond donors (Lipinski definition) is 2. The number of aromatic nitrogens is 1. The number of pyridine rings is 1. The van der Waals surface area contributed by atoms with Gasteiger partial charge in [-0.2, -0.15) is 0 Å². The molecule has 0 saturated heterocycles. The molecule has 0 aliphatic carbocycles. The van der Waals surface area contributed by atoms with Crippen molar-refractivity contribution in [2.24, 2.45) is 0 Å². The average molecular weight is 314 g/mol. The van der Waals surface area contributed by atoms with Crippen molar-refractivity contribution in [1.82, 2.24) is 10.3 Å². The van der Waals surface area contributed by atoms with Gasteiger partial charge in [0.05, 0.1) is 5.56 Å². The number of nitrogens with zero attached hydrogens (tertiary/aromatic N) is 1. The molecule has 2 rings (SSSR count). The van der Waals surface area contributed by atoms with Crippen LogP contribution < -0.4 is 5.32 Å². The van der Waals surface area contributed by atoms with Gasteiger partial charge in [0.2, 0.25) is 0 Å². The van der Waals surface area contributed by atoms with Crippen LogP contribution in [0.3, 0.4) is 0 Å². The van der Waals surface area contributed by atoms with Crippen LogP contribution in [0.25, 0.3) is 10.8 Å². The minimum absolute atomic E-state index is 0.0971. The van der Waals surface area contributed by atoms with Crippen LogP contribution in [0.5, 0.6) is 0 Å². The van der Waals surface area contributed by atoms with Gasteiger partial charge in [-0.3, -0.25) is 14.6 Å². The topological polar surface area (TPSA) is 79.3 Å². The normalized spacial score (nSPS) is 10.6. The molecule has 0 aliphatic heterocycles. The first-order valence-electron chi connectivity index (χ1n) is 8.01. The zero-order valence-electron chi connectivity index (χ0n) is 13.1. The first-order chi connectivity index (χ1) is 11.2. The summed E-state index contributed by atoms with van der Waals surface area (Å²) in [7, 11) is 0. The van der Waals surface area contributed by atoms with Gasteiger partial charge in [-0.15, -0.1) is 0 Å². The van der Waals surface area contributed by atoms with Crippen LogP contribution in [0.4, 0.5) is 0 Å². The Balaban J connectivity index is 1.72. The molecule has 0 atom stereocenters. The molecule has 1 heterocycles. The Labute approximate surface area is 135 Å². The van der Waals surface area contributed by atoms with E-state index < -0.39 is 5.97 Å². The Kier molecular flexibility index (Phi) is 6.54. The van der Waals surface area contributed by atoms with Gasteiger partial charge < -0.3 is 10.4 Å². The molecular formula is C18H22N2O3. The molecule has 2 N–H and O–H groups in total. The number of aliphatic carboxylic acids is 1. The van der Waals surface area contributed by atoms with E-state index in [2.05, 4.69) is 10.3 Å². The second-order valence-electron chi connectivity index (χ2n) is 5.58. The molecule has 1 amide bonds. The minimum Gasteiger partial charge on any atom is -0.481 e. The Morgan fingerprint density at radius 3 is 2.57 bits per heavy atom. The van der Waals surface area contributed by atoms with E-state index in [-0.39, 0.29) is 12.3 Å². The van der Waals surface area contributed by atoms with E-state index in [1.54, 1.807) is 12.4 Å². The Hall–Kier alpha value is -2.43. The fourth-order valence-electron chi connectivity index (χ4n) is 2.53. The molecule has 5 nitrogen and oxygen atoms in total. The second-order valence-corrected chi connectivity index (χ2v) is 5.58. The Morgan fingerprint density at radius 2 is 1.74 bits per heavy atom. The quantitative estimate of drug-likeness (QED) is 0.695. The van der Waals surface area contributed by atoms with E-state index in [0.717, 1.165) is 42.9 Å². The minimum atomic E-state index is -0.735. The van der Waals surface area contributed by atoms with Crippen LogP contribution in [0, 0.1) is 0 Å². The number of nitrogens with one attached hydrogen (secondary N) is 1. The summed E-state index contributed by atoms with van der Waals surface area (Å²) in [5.74, 6) is -0.832. The summed E-state index contributed by atoms with van der Waals surface area (Å²) >= 11 is 0. The number of benzene rings is 1. The van der Waals surface area contributed by atoms with Crippen LogP contribution in [0.15, 0.2) is 36.7 Å². The van der Waals surface area contributed by atoms with Crippen LogP contribution in [0.2, 0.25) is 0 Å². The van der Waals surface area contributed by atoms with E-state index >= 15 is 0 Å². The lowest BCUT2D eigenvalue weighted by atomic mass is 10.1. The first-order valence-corrected chi connectivity index (χ1v) is 8.01. The molecular weight excluding hydrogens is 292 g/mol. The lowest BCUT2D eigenvalue weighted by Crippen LogP contribution is -2.24. The highest BCUT2D eigenvalue weighted by Gasteiger charge is 2.09. The van der Waals surface area contributed by atoms with Gasteiger partial charge in [-0.05, 0) is 18.2 Å². The summed E-state index contributed by atoms with van der Waals surface area (Å²) in [6, 6.07) is 7.71. The largest absolute Gasteiger partial charge is 0.481 e. The van der Waals surface area contributed by atoms with E-state index in [0.29, 0.717) is 12.1 Å². The molecule has 1 aromatic heterocycles. The lowest BCUT2D eigenvalue weighted by molar-refractivity contribution is -0.137. The molecule has 0 spiro atoms. The Morgan fingerprint density at radius 1 is 1.00 bits per heavy atom. The van der Waals surface area contributed by atoms with Crippen LogP contribution >= 0.6 is 0 Å². The third-order valence-electron chi connectivity index (χ3n) is 3.77. The summed E-state index contributed by atoms with van der Waals surface area (Å²) in [4.78, 5) is 26.8. The molecule has 23 heavy (non-hydrogen) atoms. The number of amides is 1. The van der Waals surface area contributed by atoms with Gasteiger partial charge in [-0.1, -0.05) is 43.5 Å². The van der Waals surface area contributed by atoms with Gasteiger partial charge in [0.15, 0.2) is 0 Å². The van der Waals surface area contributed by atoms with E-state index in [9.17, 15) is 9.59 Å². The molecule has 2 aromatic rings. The number of carbonyl (C=O) groups excluding carboxylic acids is 1. The van der Waals surface area contributed by atoms with Crippen LogP contribution in [-0.4, -0.2) is 28.5 Å². The molecule has 0 saturated carbocycles. The number of fused-ring (bicyclic) bond motifs is 1. The van der Waals surface area contributed by atoms with Gasteiger partial charge in [0, 0.05) is 30.7 Å². The van der Waals surface area contributed by atoms with Crippen molar-refractivity contribution in [3.05, 3.63) is 42.2 Å². The number of carboxylic acid groups (broad SMARTS) is 1. The molecule has 0 aliphatic rings. The second kappa shape index (κ2) is 8.88. The molecule has 5 heteroatoms. The first kappa shape index (κ1) is 16.9. The number of unbranched alkanes of at least 4 members (excludes halogenated alkanes) is 4. The molecule has 122 valence electrons.